The zero-order valence-corrected chi connectivity index (χ0v) is 11.1. The van der Waals surface area contributed by atoms with E-state index in [1.54, 1.807) is 12.1 Å². The topological polar surface area (TPSA) is 37.3 Å². The van der Waals surface area contributed by atoms with Crippen LogP contribution in [0.25, 0.3) is 11.1 Å². The van der Waals surface area contributed by atoms with E-state index in [1.165, 1.54) is 6.07 Å². The summed E-state index contributed by atoms with van der Waals surface area (Å²) in [7, 11) is 0. The third-order valence-electron chi connectivity index (χ3n) is 2.64. The molecule has 0 aliphatic heterocycles. The van der Waals surface area contributed by atoms with Gasteiger partial charge in [0.15, 0.2) is 0 Å². The molecule has 0 atom stereocenters. The lowest BCUT2D eigenvalue weighted by Gasteiger charge is -2.07. The number of aryl methyl sites for hydroxylation is 1. The smallest absolute Gasteiger partial charge is 0.337 e. The Balaban J connectivity index is 2.52. The molecule has 2 nitrogen and oxygen atoms in total. The van der Waals surface area contributed by atoms with Gasteiger partial charge in [0.2, 0.25) is 0 Å². The maximum atomic E-state index is 10.9. The maximum absolute atomic E-state index is 10.9. The zero-order chi connectivity index (χ0) is 13.3. The molecule has 0 fully saturated rings. The van der Waals surface area contributed by atoms with Crippen LogP contribution in [0.3, 0.4) is 0 Å². The predicted octanol–water partition coefficient (Wildman–Crippen LogP) is 4.67. The third-order valence-corrected chi connectivity index (χ3v) is 3.26. The van der Waals surface area contributed by atoms with E-state index in [0.717, 1.165) is 16.7 Å². The molecule has 0 amide bonds. The third kappa shape index (κ3) is 2.50. The number of carboxylic acid groups (broad SMARTS) is 1. The van der Waals surface area contributed by atoms with Gasteiger partial charge in [-0.1, -0.05) is 41.4 Å². The molecule has 0 saturated heterocycles. The lowest BCUT2D eigenvalue weighted by atomic mass is 10.0. The minimum absolute atomic E-state index is 0.0867. The summed E-state index contributed by atoms with van der Waals surface area (Å²) in [6.07, 6.45) is 0. The number of rotatable bonds is 2. The quantitative estimate of drug-likeness (QED) is 0.868. The molecule has 0 bridgehead atoms. The van der Waals surface area contributed by atoms with Gasteiger partial charge in [-0.3, -0.25) is 0 Å². The standard InChI is InChI=1S/C14H10Cl2O2/c1-8-2-4-10(12(15)6-8)9-3-5-11(14(17)18)13(16)7-9/h2-7H,1H3,(H,17,18). The molecule has 2 rings (SSSR count). The Morgan fingerprint density at radius 3 is 2.33 bits per heavy atom. The molecule has 4 heteroatoms. The molecule has 0 spiro atoms. The summed E-state index contributed by atoms with van der Waals surface area (Å²) in [6, 6.07) is 10.5. The van der Waals surface area contributed by atoms with Crippen molar-refractivity contribution in [2.24, 2.45) is 0 Å². The van der Waals surface area contributed by atoms with Crippen LogP contribution >= 0.6 is 23.2 Å². The Labute approximate surface area is 115 Å². The molecule has 2 aromatic rings. The van der Waals surface area contributed by atoms with Crippen molar-refractivity contribution in [2.75, 3.05) is 0 Å². The summed E-state index contributed by atoms with van der Waals surface area (Å²) < 4.78 is 0. The van der Waals surface area contributed by atoms with Gasteiger partial charge < -0.3 is 5.11 Å². The fraction of sp³-hybridized carbons (Fsp3) is 0.0714. The average molecular weight is 281 g/mol. The minimum atomic E-state index is -1.04. The van der Waals surface area contributed by atoms with E-state index in [2.05, 4.69) is 0 Å². The molecular weight excluding hydrogens is 271 g/mol. The number of carbonyl (C=O) groups is 1. The van der Waals surface area contributed by atoms with Crippen LogP contribution in [0.2, 0.25) is 10.0 Å². The first kappa shape index (κ1) is 12.9. The number of hydrogen-bond acceptors (Lipinski definition) is 1. The lowest BCUT2D eigenvalue weighted by Crippen LogP contribution is -1.97. The highest BCUT2D eigenvalue weighted by Crippen LogP contribution is 2.31. The van der Waals surface area contributed by atoms with Gasteiger partial charge in [0.25, 0.3) is 0 Å². The van der Waals surface area contributed by atoms with Crippen LogP contribution in [0, 0.1) is 6.92 Å². The van der Waals surface area contributed by atoms with E-state index in [9.17, 15) is 4.79 Å². The van der Waals surface area contributed by atoms with Crippen molar-refractivity contribution in [3.63, 3.8) is 0 Å². The van der Waals surface area contributed by atoms with Crippen molar-refractivity contribution in [1.82, 2.24) is 0 Å². The van der Waals surface area contributed by atoms with Crippen molar-refractivity contribution < 1.29 is 9.90 Å². The normalized spacial score (nSPS) is 10.4. The fourth-order valence-electron chi connectivity index (χ4n) is 1.71. The Morgan fingerprint density at radius 1 is 1.06 bits per heavy atom. The Morgan fingerprint density at radius 2 is 1.78 bits per heavy atom. The van der Waals surface area contributed by atoms with Crippen molar-refractivity contribution in [1.29, 1.82) is 0 Å². The molecule has 92 valence electrons. The van der Waals surface area contributed by atoms with Crippen molar-refractivity contribution >= 4 is 29.2 Å². The number of carboxylic acids is 1. The minimum Gasteiger partial charge on any atom is -0.478 e. The SMILES string of the molecule is Cc1ccc(-c2ccc(C(=O)O)c(Cl)c2)c(Cl)c1. The van der Waals surface area contributed by atoms with E-state index in [1.807, 2.05) is 25.1 Å². The van der Waals surface area contributed by atoms with Crippen molar-refractivity contribution in [2.45, 2.75) is 6.92 Å². The molecule has 0 radical (unpaired) electrons. The van der Waals surface area contributed by atoms with Gasteiger partial charge in [0, 0.05) is 10.6 Å². The number of benzene rings is 2. The molecule has 0 heterocycles. The molecule has 18 heavy (non-hydrogen) atoms. The predicted molar refractivity (Wildman–Crippen MR) is 73.6 cm³/mol. The van der Waals surface area contributed by atoms with Crippen LogP contribution in [0.5, 0.6) is 0 Å². The van der Waals surface area contributed by atoms with Crippen LogP contribution in [0.4, 0.5) is 0 Å². The molecular formula is C14H10Cl2O2. The monoisotopic (exact) mass is 280 g/mol. The first-order valence-corrected chi connectivity index (χ1v) is 6.04. The van der Waals surface area contributed by atoms with Gasteiger partial charge in [0.05, 0.1) is 10.6 Å². The van der Waals surface area contributed by atoms with Gasteiger partial charge in [0.1, 0.15) is 0 Å². The van der Waals surface area contributed by atoms with Gasteiger partial charge in [-0.2, -0.15) is 0 Å². The molecule has 0 saturated carbocycles. The molecule has 0 aliphatic carbocycles. The van der Waals surface area contributed by atoms with Crippen molar-refractivity contribution in [3.05, 3.63) is 57.6 Å². The second-order valence-corrected chi connectivity index (χ2v) is 4.80. The Kier molecular flexibility index (Phi) is 3.60. The summed E-state index contributed by atoms with van der Waals surface area (Å²) in [5, 5.41) is 9.73. The number of halogens is 2. The van der Waals surface area contributed by atoms with Gasteiger partial charge in [-0.05, 0) is 36.2 Å². The van der Waals surface area contributed by atoms with E-state index in [0.29, 0.717) is 5.02 Å². The maximum Gasteiger partial charge on any atom is 0.337 e. The molecule has 2 aromatic carbocycles. The second-order valence-electron chi connectivity index (χ2n) is 3.98. The van der Waals surface area contributed by atoms with Crippen LogP contribution < -0.4 is 0 Å². The largest absolute Gasteiger partial charge is 0.478 e. The Hall–Kier alpha value is -1.51. The van der Waals surface area contributed by atoms with Gasteiger partial charge >= 0.3 is 5.97 Å². The highest BCUT2D eigenvalue weighted by atomic mass is 35.5. The molecule has 0 aliphatic rings. The summed E-state index contributed by atoms with van der Waals surface area (Å²) in [4.78, 5) is 10.9. The van der Waals surface area contributed by atoms with E-state index in [4.69, 9.17) is 28.3 Å². The van der Waals surface area contributed by atoms with E-state index in [-0.39, 0.29) is 10.6 Å². The number of hydrogen-bond donors (Lipinski definition) is 1. The summed E-state index contributed by atoms with van der Waals surface area (Å²) >= 11 is 12.1. The molecule has 0 aromatic heterocycles. The first-order valence-electron chi connectivity index (χ1n) is 5.28. The Bertz CT molecular complexity index is 621. The van der Waals surface area contributed by atoms with Crippen molar-refractivity contribution in [3.8, 4) is 11.1 Å². The second kappa shape index (κ2) is 5.01. The van der Waals surface area contributed by atoms with Crippen LogP contribution in [-0.4, -0.2) is 11.1 Å². The zero-order valence-electron chi connectivity index (χ0n) is 9.58. The first-order chi connectivity index (χ1) is 8.49. The van der Waals surface area contributed by atoms with Gasteiger partial charge in [-0.15, -0.1) is 0 Å². The highest BCUT2D eigenvalue weighted by molar-refractivity contribution is 6.35. The molecule has 1 N–H and O–H groups in total. The lowest BCUT2D eigenvalue weighted by molar-refractivity contribution is 0.0697. The summed E-state index contributed by atoms with van der Waals surface area (Å²) in [6.45, 7) is 1.95. The highest BCUT2D eigenvalue weighted by Gasteiger charge is 2.11. The van der Waals surface area contributed by atoms with E-state index >= 15 is 0 Å². The van der Waals surface area contributed by atoms with Gasteiger partial charge in [-0.25, -0.2) is 4.79 Å². The van der Waals surface area contributed by atoms with E-state index < -0.39 is 5.97 Å². The fourth-order valence-corrected chi connectivity index (χ4v) is 2.32. The average Bonchev–Trinajstić information content (AvgIpc) is 2.28. The van der Waals surface area contributed by atoms with Crippen LogP contribution in [-0.2, 0) is 0 Å². The van der Waals surface area contributed by atoms with Crippen LogP contribution in [0.15, 0.2) is 36.4 Å². The summed E-state index contributed by atoms with van der Waals surface area (Å²) in [5.41, 5.74) is 2.79. The summed E-state index contributed by atoms with van der Waals surface area (Å²) in [5.74, 6) is -1.04. The molecule has 0 unspecified atom stereocenters. The van der Waals surface area contributed by atoms with Crippen LogP contribution in [0.1, 0.15) is 15.9 Å². The number of aromatic carboxylic acids is 1.